The standard InChI is InChI=1S/C19H15ClO5/c1-24-18(23)19(25-16(21)9-12-5-3-2-4-6-12)11-13-10-14(20)7-8-15(13)17(19)22/h2-8,10H,9,11H2,1H3/t19-/m0/s1. The number of carbonyl (C=O) groups is 3. The van der Waals surface area contributed by atoms with E-state index >= 15 is 0 Å². The summed E-state index contributed by atoms with van der Waals surface area (Å²) in [6.07, 6.45) is -0.140. The van der Waals surface area contributed by atoms with E-state index in [1.54, 1.807) is 36.4 Å². The number of rotatable bonds is 4. The van der Waals surface area contributed by atoms with Crippen LogP contribution in [0.15, 0.2) is 48.5 Å². The predicted molar refractivity (Wildman–Crippen MR) is 90.5 cm³/mol. The van der Waals surface area contributed by atoms with Crippen LogP contribution >= 0.6 is 11.6 Å². The Morgan fingerprint density at radius 3 is 2.56 bits per heavy atom. The molecule has 1 atom stereocenters. The van der Waals surface area contributed by atoms with Crippen molar-refractivity contribution in [1.82, 2.24) is 0 Å². The molecule has 0 aromatic heterocycles. The van der Waals surface area contributed by atoms with Crippen LogP contribution in [0.3, 0.4) is 0 Å². The van der Waals surface area contributed by atoms with Gasteiger partial charge in [0.2, 0.25) is 5.78 Å². The second-order valence-electron chi connectivity index (χ2n) is 5.76. The van der Waals surface area contributed by atoms with Gasteiger partial charge in [-0.15, -0.1) is 0 Å². The summed E-state index contributed by atoms with van der Waals surface area (Å²) in [5, 5.41) is 0.433. The summed E-state index contributed by atoms with van der Waals surface area (Å²) in [4.78, 5) is 37.5. The molecule has 6 heteroatoms. The maximum absolute atomic E-state index is 12.8. The van der Waals surface area contributed by atoms with Crippen LogP contribution in [0.2, 0.25) is 5.02 Å². The van der Waals surface area contributed by atoms with Gasteiger partial charge in [-0.25, -0.2) is 4.79 Å². The quantitative estimate of drug-likeness (QED) is 0.621. The topological polar surface area (TPSA) is 69.7 Å². The van der Waals surface area contributed by atoms with Gasteiger partial charge in [0, 0.05) is 17.0 Å². The monoisotopic (exact) mass is 358 g/mol. The lowest BCUT2D eigenvalue weighted by molar-refractivity contribution is -0.173. The molecule has 0 spiro atoms. The smallest absolute Gasteiger partial charge is 0.359 e. The van der Waals surface area contributed by atoms with Crippen molar-refractivity contribution in [2.24, 2.45) is 0 Å². The molecule has 0 unspecified atom stereocenters. The Morgan fingerprint density at radius 1 is 1.16 bits per heavy atom. The van der Waals surface area contributed by atoms with Gasteiger partial charge in [0.05, 0.1) is 13.5 Å². The number of ether oxygens (including phenoxy) is 2. The van der Waals surface area contributed by atoms with E-state index in [-0.39, 0.29) is 12.8 Å². The molecule has 1 aliphatic carbocycles. The van der Waals surface area contributed by atoms with E-state index in [4.69, 9.17) is 21.1 Å². The summed E-state index contributed by atoms with van der Waals surface area (Å²) in [5.74, 6) is -2.16. The maximum atomic E-state index is 12.8. The summed E-state index contributed by atoms with van der Waals surface area (Å²) in [7, 11) is 1.15. The van der Waals surface area contributed by atoms with Crippen LogP contribution < -0.4 is 0 Å². The zero-order valence-corrected chi connectivity index (χ0v) is 14.2. The fraction of sp³-hybridized carbons (Fsp3) is 0.211. The van der Waals surface area contributed by atoms with Crippen LogP contribution in [0.25, 0.3) is 0 Å². The molecule has 3 rings (SSSR count). The summed E-state index contributed by atoms with van der Waals surface area (Å²) < 4.78 is 10.1. The minimum Gasteiger partial charge on any atom is -0.466 e. The van der Waals surface area contributed by atoms with Crippen LogP contribution in [-0.4, -0.2) is 30.4 Å². The van der Waals surface area contributed by atoms with Crippen molar-refractivity contribution in [3.8, 4) is 0 Å². The van der Waals surface area contributed by atoms with Crippen molar-refractivity contribution in [2.75, 3.05) is 7.11 Å². The van der Waals surface area contributed by atoms with Crippen LogP contribution in [0.1, 0.15) is 21.5 Å². The van der Waals surface area contributed by atoms with Crippen molar-refractivity contribution in [3.05, 3.63) is 70.2 Å². The minimum absolute atomic E-state index is 0.0516. The highest BCUT2D eigenvalue weighted by Gasteiger charge is 2.56. The first kappa shape index (κ1) is 17.2. The molecule has 0 amide bonds. The second kappa shape index (κ2) is 6.69. The van der Waals surface area contributed by atoms with Gasteiger partial charge in [-0.2, -0.15) is 0 Å². The highest BCUT2D eigenvalue weighted by molar-refractivity contribution is 6.31. The van der Waals surface area contributed by atoms with Gasteiger partial charge in [-0.05, 0) is 29.3 Å². The van der Waals surface area contributed by atoms with Crippen LogP contribution in [-0.2, 0) is 31.9 Å². The molecule has 1 aliphatic rings. The second-order valence-corrected chi connectivity index (χ2v) is 6.20. The number of esters is 2. The van der Waals surface area contributed by atoms with E-state index in [0.29, 0.717) is 16.1 Å². The SMILES string of the molecule is COC(=O)[C@]1(OC(=O)Cc2ccccc2)Cc2cc(Cl)ccc2C1=O. The zero-order valence-electron chi connectivity index (χ0n) is 13.5. The molecule has 0 aliphatic heterocycles. The fourth-order valence-electron chi connectivity index (χ4n) is 2.94. The molecule has 2 aromatic carbocycles. The third-order valence-electron chi connectivity index (χ3n) is 4.11. The van der Waals surface area contributed by atoms with Gasteiger partial charge in [-0.1, -0.05) is 41.9 Å². The largest absolute Gasteiger partial charge is 0.466 e. The molecule has 25 heavy (non-hydrogen) atoms. The minimum atomic E-state index is -1.99. The lowest BCUT2D eigenvalue weighted by atomic mass is 9.98. The highest BCUT2D eigenvalue weighted by atomic mass is 35.5. The number of hydrogen-bond donors (Lipinski definition) is 0. The van der Waals surface area contributed by atoms with E-state index in [1.165, 1.54) is 6.07 Å². The number of Topliss-reactive ketones (excluding diaryl/α,β-unsaturated/α-hetero) is 1. The van der Waals surface area contributed by atoms with Crippen LogP contribution in [0.5, 0.6) is 0 Å². The predicted octanol–water partition coefficient (Wildman–Crippen LogP) is 2.78. The van der Waals surface area contributed by atoms with Gasteiger partial charge >= 0.3 is 11.9 Å². The Balaban J connectivity index is 1.90. The third kappa shape index (κ3) is 3.15. The average Bonchev–Trinajstić information content (AvgIpc) is 2.87. The molecule has 0 radical (unpaired) electrons. The zero-order chi connectivity index (χ0) is 18.0. The number of benzene rings is 2. The Morgan fingerprint density at radius 2 is 1.88 bits per heavy atom. The van der Waals surface area contributed by atoms with Crippen LogP contribution in [0.4, 0.5) is 0 Å². The van der Waals surface area contributed by atoms with Gasteiger partial charge in [0.25, 0.3) is 5.60 Å². The molecule has 0 heterocycles. The Kier molecular flexibility index (Phi) is 4.59. The lowest BCUT2D eigenvalue weighted by Gasteiger charge is -2.24. The van der Waals surface area contributed by atoms with Crippen molar-refractivity contribution >= 4 is 29.3 Å². The van der Waals surface area contributed by atoms with E-state index in [1.807, 2.05) is 6.07 Å². The molecule has 2 aromatic rings. The number of halogens is 1. The Labute approximate surface area is 149 Å². The van der Waals surface area contributed by atoms with Gasteiger partial charge < -0.3 is 9.47 Å². The molecule has 0 saturated carbocycles. The number of hydrogen-bond acceptors (Lipinski definition) is 5. The van der Waals surface area contributed by atoms with Crippen molar-refractivity contribution in [3.63, 3.8) is 0 Å². The number of ketones is 1. The number of carbonyl (C=O) groups excluding carboxylic acids is 3. The Hall–Kier alpha value is -2.66. The van der Waals surface area contributed by atoms with E-state index < -0.39 is 23.3 Å². The molecule has 5 nitrogen and oxygen atoms in total. The maximum Gasteiger partial charge on any atom is 0.359 e. The van der Waals surface area contributed by atoms with Gasteiger partial charge in [-0.3, -0.25) is 9.59 Å². The molecule has 128 valence electrons. The Bertz CT molecular complexity index is 846. The van der Waals surface area contributed by atoms with Crippen molar-refractivity contribution < 1.29 is 23.9 Å². The van der Waals surface area contributed by atoms with Gasteiger partial charge in [0.15, 0.2) is 0 Å². The third-order valence-corrected chi connectivity index (χ3v) is 4.35. The first-order chi connectivity index (χ1) is 12.0. The number of methoxy groups -OCH3 is 1. The normalized spacial score (nSPS) is 18.6. The molecule has 0 N–H and O–H groups in total. The van der Waals surface area contributed by atoms with Crippen molar-refractivity contribution in [2.45, 2.75) is 18.4 Å². The van der Waals surface area contributed by atoms with Gasteiger partial charge in [0.1, 0.15) is 0 Å². The molecular formula is C19H15ClO5. The fourth-order valence-corrected chi connectivity index (χ4v) is 3.14. The van der Waals surface area contributed by atoms with Crippen LogP contribution in [0, 0.1) is 0 Å². The first-order valence-corrected chi connectivity index (χ1v) is 8.01. The van der Waals surface area contributed by atoms with Crippen molar-refractivity contribution in [1.29, 1.82) is 0 Å². The molecule has 0 saturated heterocycles. The summed E-state index contributed by atoms with van der Waals surface area (Å²) in [5.41, 5.74) is -0.413. The molecule has 0 bridgehead atoms. The summed E-state index contributed by atoms with van der Waals surface area (Å²) in [6, 6.07) is 13.6. The van der Waals surface area contributed by atoms with E-state index in [9.17, 15) is 14.4 Å². The molecule has 0 fully saturated rings. The highest BCUT2D eigenvalue weighted by Crippen LogP contribution is 2.35. The summed E-state index contributed by atoms with van der Waals surface area (Å²) in [6.45, 7) is 0. The van der Waals surface area contributed by atoms with E-state index in [2.05, 4.69) is 0 Å². The number of fused-ring (bicyclic) bond motifs is 1. The first-order valence-electron chi connectivity index (χ1n) is 7.63. The average molecular weight is 359 g/mol. The lowest BCUT2D eigenvalue weighted by Crippen LogP contribution is -2.49. The molecular weight excluding hydrogens is 344 g/mol. The van der Waals surface area contributed by atoms with E-state index in [0.717, 1.165) is 12.7 Å². The summed E-state index contributed by atoms with van der Waals surface area (Å²) >= 11 is 5.96.